The van der Waals surface area contributed by atoms with E-state index in [2.05, 4.69) is 59.3 Å². The van der Waals surface area contributed by atoms with Gasteiger partial charge in [-0.1, -0.05) is 13.8 Å². The Kier molecular flexibility index (Phi) is 5.81. The quantitative estimate of drug-likeness (QED) is 0.795. The van der Waals surface area contributed by atoms with Gasteiger partial charge in [0, 0.05) is 37.4 Å². The highest BCUT2D eigenvalue weighted by molar-refractivity contribution is 5.16. The van der Waals surface area contributed by atoms with Crippen molar-refractivity contribution in [2.75, 3.05) is 6.54 Å². The van der Waals surface area contributed by atoms with Crippen molar-refractivity contribution in [3.8, 4) is 0 Å². The number of nitrogens with one attached hydrogen (secondary N) is 1. The van der Waals surface area contributed by atoms with E-state index < -0.39 is 0 Å². The third kappa shape index (κ3) is 4.20. The van der Waals surface area contributed by atoms with Gasteiger partial charge in [0.15, 0.2) is 0 Å². The largest absolute Gasteiger partial charge is 0.354 e. The molecule has 0 bridgehead atoms. The molecule has 0 spiro atoms. The Balaban J connectivity index is 1.91. The number of aryl methyl sites for hydroxylation is 2. The molecule has 1 N–H and O–H groups in total. The molecule has 108 valence electrons. The van der Waals surface area contributed by atoms with E-state index >= 15 is 0 Å². The lowest BCUT2D eigenvalue weighted by molar-refractivity contribution is 0.517. The van der Waals surface area contributed by atoms with Crippen LogP contribution in [0.3, 0.4) is 0 Å². The number of hydrogen-bond donors (Lipinski definition) is 1. The lowest BCUT2D eigenvalue weighted by atomic mass is 10.1. The zero-order chi connectivity index (χ0) is 14.2. The summed E-state index contributed by atoms with van der Waals surface area (Å²) in [6.45, 7) is 6.55. The second kappa shape index (κ2) is 7.85. The fraction of sp³-hybridized carbons (Fsp3) is 0.471. The minimum atomic E-state index is 0.483. The standard InChI is InChI=1S/C17H25N3/c1-3-9-19-17(4-2)16-8-13-20(14-16)12-7-15-5-10-18-11-6-15/h5-6,8,10-11,13-14,17,19H,3-4,7,9,12H2,1-2H3. The summed E-state index contributed by atoms with van der Waals surface area (Å²) < 4.78 is 2.28. The molecule has 0 saturated heterocycles. The van der Waals surface area contributed by atoms with Gasteiger partial charge in [-0.3, -0.25) is 4.98 Å². The van der Waals surface area contributed by atoms with Crippen molar-refractivity contribution < 1.29 is 0 Å². The topological polar surface area (TPSA) is 29.9 Å². The van der Waals surface area contributed by atoms with Crippen LogP contribution in [-0.2, 0) is 13.0 Å². The molecule has 1 unspecified atom stereocenters. The lowest BCUT2D eigenvalue weighted by Crippen LogP contribution is -2.21. The van der Waals surface area contributed by atoms with Crippen LogP contribution in [0.4, 0.5) is 0 Å². The molecule has 2 aromatic heterocycles. The van der Waals surface area contributed by atoms with E-state index in [1.807, 2.05) is 12.4 Å². The zero-order valence-electron chi connectivity index (χ0n) is 12.5. The summed E-state index contributed by atoms with van der Waals surface area (Å²) >= 11 is 0. The van der Waals surface area contributed by atoms with Gasteiger partial charge in [-0.25, -0.2) is 0 Å². The van der Waals surface area contributed by atoms with Crippen LogP contribution >= 0.6 is 0 Å². The Morgan fingerprint density at radius 1 is 1.20 bits per heavy atom. The number of aromatic nitrogens is 2. The molecule has 2 heterocycles. The summed E-state index contributed by atoms with van der Waals surface area (Å²) in [7, 11) is 0. The van der Waals surface area contributed by atoms with Crippen molar-refractivity contribution in [2.45, 2.75) is 45.7 Å². The Hall–Kier alpha value is -1.61. The van der Waals surface area contributed by atoms with E-state index in [0.29, 0.717) is 6.04 Å². The van der Waals surface area contributed by atoms with Gasteiger partial charge < -0.3 is 9.88 Å². The molecule has 2 rings (SSSR count). The summed E-state index contributed by atoms with van der Waals surface area (Å²) in [6.07, 6.45) is 11.5. The van der Waals surface area contributed by atoms with Crippen molar-refractivity contribution in [1.29, 1.82) is 0 Å². The molecule has 0 aliphatic heterocycles. The van der Waals surface area contributed by atoms with Crippen LogP contribution in [-0.4, -0.2) is 16.1 Å². The predicted molar refractivity (Wildman–Crippen MR) is 83.7 cm³/mol. The van der Waals surface area contributed by atoms with Gasteiger partial charge in [-0.2, -0.15) is 0 Å². The second-order valence-electron chi connectivity index (χ2n) is 5.20. The molecule has 0 radical (unpaired) electrons. The van der Waals surface area contributed by atoms with E-state index in [0.717, 1.165) is 25.9 Å². The fourth-order valence-corrected chi connectivity index (χ4v) is 2.43. The molecule has 20 heavy (non-hydrogen) atoms. The van der Waals surface area contributed by atoms with E-state index in [9.17, 15) is 0 Å². The highest BCUT2D eigenvalue weighted by Crippen LogP contribution is 2.17. The SMILES string of the molecule is CCCNC(CC)c1ccn(CCc2ccncc2)c1. The third-order valence-electron chi connectivity index (χ3n) is 3.63. The minimum Gasteiger partial charge on any atom is -0.354 e. The van der Waals surface area contributed by atoms with E-state index in [4.69, 9.17) is 0 Å². The first-order valence-electron chi connectivity index (χ1n) is 7.61. The molecular formula is C17H25N3. The summed E-state index contributed by atoms with van der Waals surface area (Å²) in [6, 6.07) is 6.89. The molecule has 0 amide bonds. The molecule has 2 aromatic rings. The first-order valence-corrected chi connectivity index (χ1v) is 7.61. The van der Waals surface area contributed by atoms with Gasteiger partial charge >= 0.3 is 0 Å². The molecule has 0 aliphatic rings. The Bertz CT molecular complexity index is 490. The van der Waals surface area contributed by atoms with Gasteiger partial charge in [-0.05, 0) is 55.1 Å². The van der Waals surface area contributed by atoms with Gasteiger partial charge in [0.1, 0.15) is 0 Å². The number of pyridine rings is 1. The molecule has 3 heteroatoms. The molecule has 0 aromatic carbocycles. The van der Waals surface area contributed by atoms with E-state index in [-0.39, 0.29) is 0 Å². The summed E-state index contributed by atoms with van der Waals surface area (Å²) in [4.78, 5) is 4.05. The van der Waals surface area contributed by atoms with Crippen LogP contribution in [0.5, 0.6) is 0 Å². The van der Waals surface area contributed by atoms with Crippen LogP contribution in [0.25, 0.3) is 0 Å². The normalized spacial score (nSPS) is 12.5. The fourth-order valence-electron chi connectivity index (χ4n) is 2.43. The van der Waals surface area contributed by atoms with Gasteiger partial charge in [0.2, 0.25) is 0 Å². The van der Waals surface area contributed by atoms with Crippen molar-refractivity contribution in [3.63, 3.8) is 0 Å². The third-order valence-corrected chi connectivity index (χ3v) is 3.63. The molecule has 0 saturated carbocycles. The number of nitrogens with zero attached hydrogens (tertiary/aromatic N) is 2. The Labute approximate surface area is 122 Å². The Morgan fingerprint density at radius 2 is 2.00 bits per heavy atom. The molecule has 0 fully saturated rings. The molecule has 0 aliphatic carbocycles. The maximum Gasteiger partial charge on any atom is 0.0332 e. The highest BCUT2D eigenvalue weighted by atomic mass is 15.0. The van der Waals surface area contributed by atoms with Crippen LogP contribution in [0.2, 0.25) is 0 Å². The second-order valence-corrected chi connectivity index (χ2v) is 5.20. The van der Waals surface area contributed by atoms with E-state index in [1.54, 1.807) is 0 Å². The summed E-state index contributed by atoms with van der Waals surface area (Å²) in [5.41, 5.74) is 2.74. The molecule has 1 atom stereocenters. The van der Waals surface area contributed by atoms with Crippen molar-refractivity contribution >= 4 is 0 Å². The summed E-state index contributed by atoms with van der Waals surface area (Å²) in [5.74, 6) is 0. The van der Waals surface area contributed by atoms with Crippen LogP contribution in [0, 0.1) is 0 Å². The Morgan fingerprint density at radius 3 is 2.70 bits per heavy atom. The van der Waals surface area contributed by atoms with Gasteiger partial charge in [0.25, 0.3) is 0 Å². The first kappa shape index (κ1) is 14.8. The number of hydrogen-bond acceptors (Lipinski definition) is 2. The monoisotopic (exact) mass is 271 g/mol. The predicted octanol–water partition coefficient (Wildman–Crippen LogP) is 3.58. The van der Waals surface area contributed by atoms with Crippen molar-refractivity contribution in [3.05, 3.63) is 54.1 Å². The highest BCUT2D eigenvalue weighted by Gasteiger charge is 2.09. The smallest absolute Gasteiger partial charge is 0.0332 e. The molecule has 3 nitrogen and oxygen atoms in total. The van der Waals surface area contributed by atoms with Crippen molar-refractivity contribution in [1.82, 2.24) is 14.9 Å². The maximum absolute atomic E-state index is 4.05. The van der Waals surface area contributed by atoms with Crippen molar-refractivity contribution in [2.24, 2.45) is 0 Å². The first-order chi connectivity index (χ1) is 9.83. The summed E-state index contributed by atoms with van der Waals surface area (Å²) in [5, 5.41) is 3.60. The minimum absolute atomic E-state index is 0.483. The zero-order valence-corrected chi connectivity index (χ0v) is 12.5. The average Bonchev–Trinajstić information content (AvgIpc) is 2.96. The number of rotatable bonds is 8. The maximum atomic E-state index is 4.05. The van der Waals surface area contributed by atoms with Gasteiger partial charge in [-0.15, -0.1) is 0 Å². The van der Waals surface area contributed by atoms with Gasteiger partial charge in [0.05, 0.1) is 0 Å². The van der Waals surface area contributed by atoms with E-state index in [1.165, 1.54) is 17.5 Å². The lowest BCUT2D eigenvalue weighted by Gasteiger charge is -2.15. The van der Waals surface area contributed by atoms with Crippen LogP contribution < -0.4 is 5.32 Å². The molecular weight excluding hydrogens is 246 g/mol. The average molecular weight is 271 g/mol. The van der Waals surface area contributed by atoms with Crippen LogP contribution in [0.15, 0.2) is 43.0 Å². The van der Waals surface area contributed by atoms with Crippen LogP contribution in [0.1, 0.15) is 43.9 Å².